The van der Waals surface area contributed by atoms with Crippen LogP contribution in [-0.2, 0) is 16.0 Å². The van der Waals surface area contributed by atoms with Crippen LogP contribution < -0.4 is 15.8 Å². The molecule has 4 N–H and O–H groups in total. The molecule has 6 rings (SSSR count). The minimum Gasteiger partial charge on any atom is -0.454 e. The van der Waals surface area contributed by atoms with Crippen LogP contribution in [0, 0.1) is 0 Å². The highest BCUT2D eigenvalue weighted by Gasteiger charge is 2.32. The number of carbonyl (C=O) groups excluding carboxylic acids is 2. The Balaban J connectivity index is 1.18. The molecule has 0 saturated carbocycles. The SMILES string of the molecule is NCCCCCCC(=O)NC(Cc1c[nH]c2ccccc12)C(=O)N1CCN(C2=Nc3ccccc3Oc3ccc(Cl)cc32)CC1. The maximum atomic E-state index is 14.1. The van der Waals surface area contributed by atoms with Gasteiger partial charge in [-0.05, 0) is 61.3 Å². The van der Waals surface area contributed by atoms with E-state index in [0.29, 0.717) is 62.1 Å². The van der Waals surface area contributed by atoms with Crippen molar-refractivity contribution < 1.29 is 14.3 Å². The minimum atomic E-state index is -0.665. The van der Waals surface area contributed by atoms with Crippen molar-refractivity contribution >= 4 is 45.8 Å². The molecular formula is C35H39ClN6O3. The molecule has 0 aliphatic carbocycles. The summed E-state index contributed by atoms with van der Waals surface area (Å²) in [5, 5.41) is 4.74. The zero-order valence-electron chi connectivity index (χ0n) is 25.3. The number of aromatic amines is 1. The maximum Gasteiger partial charge on any atom is 0.245 e. The number of benzene rings is 3. The van der Waals surface area contributed by atoms with Gasteiger partial charge in [-0.1, -0.05) is 54.8 Å². The number of amidine groups is 1. The molecule has 0 spiro atoms. The van der Waals surface area contributed by atoms with E-state index in [4.69, 9.17) is 27.1 Å². The quantitative estimate of drug-likeness (QED) is 0.193. The second kappa shape index (κ2) is 14.2. The van der Waals surface area contributed by atoms with Gasteiger partial charge in [-0.15, -0.1) is 0 Å². The Morgan fingerprint density at radius 3 is 2.58 bits per heavy atom. The number of unbranched alkanes of at least 4 members (excludes halogenated alkanes) is 3. The highest BCUT2D eigenvalue weighted by molar-refractivity contribution is 6.31. The Bertz CT molecular complexity index is 1690. The number of amides is 2. The molecule has 2 aliphatic rings. The third-order valence-corrected chi connectivity index (χ3v) is 8.71. The number of hydrogen-bond donors (Lipinski definition) is 3. The molecule has 45 heavy (non-hydrogen) atoms. The summed E-state index contributed by atoms with van der Waals surface area (Å²) in [7, 11) is 0. The first-order valence-corrected chi connectivity index (χ1v) is 16.1. The molecule has 234 valence electrons. The van der Waals surface area contributed by atoms with E-state index in [9.17, 15) is 9.59 Å². The Morgan fingerprint density at radius 1 is 0.956 bits per heavy atom. The minimum absolute atomic E-state index is 0.0728. The molecule has 2 amide bonds. The van der Waals surface area contributed by atoms with Crippen molar-refractivity contribution in [1.29, 1.82) is 0 Å². The molecule has 0 radical (unpaired) electrons. The second-order valence-corrected chi connectivity index (χ2v) is 12.0. The van der Waals surface area contributed by atoms with Crippen molar-refractivity contribution in [3.63, 3.8) is 0 Å². The number of halogens is 1. The van der Waals surface area contributed by atoms with Gasteiger partial charge in [0.25, 0.3) is 0 Å². The number of piperazine rings is 1. The van der Waals surface area contributed by atoms with Crippen LogP contribution in [0.5, 0.6) is 11.5 Å². The first-order chi connectivity index (χ1) is 22.0. The van der Waals surface area contributed by atoms with Crippen molar-refractivity contribution in [1.82, 2.24) is 20.1 Å². The van der Waals surface area contributed by atoms with E-state index in [1.165, 1.54) is 0 Å². The van der Waals surface area contributed by atoms with E-state index in [-0.39, 0.29) is 11.8 Å². The van der Waals surface area contributed by atoms with E-state index in [1.807, 2.05) is 77.8 Å². The molecule has 4 aromatic rings. The monoisotopic (exact) mass is 626 g/mol. The number of nitrogens with zero attached hydrogens (tertiary/aromatic N) is 3. The Hall–Kier alpha value is -4.34. The van der Waals surface area contributed by atoms with Crippen molar-refractivity contribution in [2.24, 2.45) is 10.7 Å². The highest BCUT2D eigenvalue weighted by atomic mass is 35.5. The largest absolute Gasteiger partial charge is 0.454 e. The number of nitrogens with one attached hydrogen (secondary N) is 2. The fraction of sp³-hybridized carbons (Fsp3) is 0.343. The van der Waals surface area contributed by atoms with Crippen LogP contribution in [0.15, 0.2) is 77.9 Å². The topological polar surface area (TPSA) is 116 Å². The van der Waals surface area contributed by atoms with Crippen LogP contribution in [0.1, 0.15) is 43.2 Å². The van der Waals surface area contributed by atoms with Crippen molar-refractivity contribution in [3.05, 3.63) is 89.1 Å². The van der Waals surface area contributed by atoms with Gasteiger partial charge in [0.05, 0.1) is 5.56 Å². The van der Waals surface area contributed by atoms with E-state index in [0.717, 1.165) is 59.2 Å². The van der Waals surface area contributed by atoms with Gasteiger partial charge in [-0.2, -0.15) is 0 Å². The predicted molar refractivity (Wildman–Crippen MR) is 178 cm³/mol. The Morgan fingerprint density at radius 2 is 1.73 bits per heavy atom. The van der Waals surface area contributed by atoms with E-state index >= 15 is 0 Å². The summed E-state index contributed by atoms with van der Waals surface area (Å²) >= 11 is 6.41. The Labute approximate surface area is 268 Å². The number of H-pyrrole nitrogens is 1. The lowest BCUT2D eigenvalue weighted by Gasteiger charge is -2.38. The maximum absolute atomic E-state index is 14.1. The normalized spacial score (nSPS) is 15.0. The third-order valence-electron chi connectivity index (χ3n) is 8.48. The number of hydrogen-bond acceptors (Lipinski definition) is 6. The fourth-order valence-corrected chi connectivity index (χ4v) is 6.24. The van der Waals surface area contributed by atoms with E-state index in [1.54, 1.807) is 0 Å². The van der Waals surface area contributed by atoms with Crippen LogP contribution in [0.2, 0.25) is 5.02 Å². The zero-order valence-corrected chi connectivity index (χ0v) is 26.1. The molecule has 2 aliphatic heterocycles. The van der Waals surface area contributed by atoms with Gasteiger partial charge in [0, 0.05) is 61.1 Å². The van der Waals surface area contributed by atoms with Crippen LogP contribution in [-0.4, -0.2) is 71.2 Å². The molecule has 0 bridgehead atoms. The van der Waals surface area contributed by atoms with E-state index in [2.05, 4.69) is 15.2 Å². The smallest absolute Gasteiger partial charge is 0.245 e. The van der Waals surface area contributed by atoms with Crippen LogP contribution in [0.3, 0.4) is 0 Å². The molecular weight excluding hydrogens is 588 g/mol. The summed E-state index contributed by atoms with van der Waals surface area (Å²) < 4.78 is 6.22. The van der Waals surface area contributed by atoms with Crippen LogP contribution >= 0.6 is 11.6 Å². The highest BCUT2D eigenvalue weighted by Crippen LogP contribution is 2.39. The standard InChI is InChI=1S/C35H39ClN6O3/c36-25-14-15-31-27(22-25)34(40-29-11-6-7-12-32(29)45-31)41-17-19-42(20-18-41)35(44)30(39-33(43)13-3-1-2-8-16-37)21-24-23-38-28-10-5-4-9-26(24)28/h4-7,9-12,14-15,22-23,30,38H,1-3,8,13,16-21,37H2,(H,39,43). The van der Waals surface area contributed by atoms with Gasteiger partial charge in [0.2, 0.25) is 11.8 Å². The summed E-state index contributed by atoms with van der Waals surface area (Å²) in [5.74, 6) is 1.96. The summed E-state index contributed by atoms with van der Waals surface area (Å²) in [4.78, 5) is 39.4. The fourth-order valence-electron chi connectivity index (χ4n) is 6.07. The Kier molecular flexibility index (Phi) is 9.66. The molecule has 3 aromatic carbocycles. The number of nitrogens with two attached hydrogens (primary N) is 1. The number of carbonyl (C=O) groups is 2. The predicted octanol–water partition coefficient (Wildman–Crippen LogP) is 5.79. The number of ether oxygens (including phenoxy) is 1. The van der Waals surface area contributed by atoms with Gasteiger partial charge in [-0.25, -0.2) is 4.99 Å². The summed E-state index contributed by atoms with van der Waals surface area (Å²) in [6, 6.07) is 20.6. The number of aliphatic imine (C=N–C) groups is 1. The summed E-state index contributed by atoms with van der Waals surface area (Å²) in [5.41, 5.74) is 9.17. The van der Waals surface area contributed by atoms with Crippen molar-refractivity contribution in [2.45, 2.75) is 44.6 Å². The van der Waals surface area contributed by atoms with Crippen molar-refractivity contribution in [3.8, 4) is 11.5 Å². The molecule has 9 nitrogen and oxygen atoms in total. The second-order valence-electron chi connectivity index (χ2n) is 11.6. The molecule has 10 heteroatoms. The zero-order chi connectivity index (χ0) is 31.2. The van der Waals surface area contributed by atoms with Gasteiger partial charge < -0.3 is 30.6 Å². The lowest BCUT2D eigenvalue weighted by Crippen LogP contribution is -2.56. The first kappa shape index (κ1) is 30.7. The third kappa shape index (κ3) is 7.16. The van der Waals surface area contributed by atoms with Crippen LogP contribution in [0.4, 0.5) is 5.69 Å². The summed E-state index contributed by atoms with van der Waals surface area (Å²) in [6.45, 7) is 2.81. The van der Waals surface area contributed by atoms with Gasteiger partial charge in [-0.3, -0.25) is 9.59 Å². The lowest BCUT2D eigenvalue weighted by molar-refractivity contribution is -0.137. The van der Waals surface area contributed by atoms with Gasteiger partial charge in [0.15, 0.2) is 5.75 Å². The number of fused-ring (bicyclic) bond motifs is 3. The van der Waals surface area contributed by atoms with Gasteiger partial charge in [0.1, 0.15) is 23.3 Å². The number of aromatic nitrogens is 1. The first-order valence-electron chi connectivity index (χ1n) is 15.7. The average molecular weight is 627 g/mol. The van der Waals surface area contributed by atoms with Crippen molar-refractivity contribution in [2.75, 3.05) is 32.7 Å². The molecule has 1 fully saturated rings. The summed E-state index contributed by atoms with van der Waals surface area (Å²) in [6.07, 6.45) is 6.43. The average Bonchev–Trinajstić information content (AvgIpc) is 3.39. The number of para-hydroxylation sites is 3. The molecule has 1 atom stereocenters. The molecule has 1 unspecified atom stereocenters. The van der Waals surface area contributed by atoms with E-state index < -0.39 is 6.04 Å². The molecule has 1 aromatic heterocycles. The molecule has 1 saturated heterocycles. The molecule has 3 heterocycles. The lowest BCUT2D eigenvalue weighted by atomic mass is 10.0. The van der Waals surface area contributed by atoms with Gasteiger partial charge >= 0.3 is 0 Å². The van der Waals surface area contributed by atoms with Crippen LogP contribution in [0.25, 0.3) is 10.9 Å². The number of rotatable bonds is 10.